The van der Waals surface area contributed by atoms with Crippen LogP contribution in [0.15, 0.2) is 24.3 Å². The molecule has 1 saturated heterocycles. The van der Waals surface area contributed by atoms with E-state index in [4.69, 9.17) is 18.9 Å². The smallest absolute Gasteiger partial charge is 0.231 e. The Bertz CT molecular complexity index is 1120. The molecule has 4 heterocycles. The van der Waals surface area contributed by atoms with Gasteiger partial charge in [-0.1, -0.05) is 0 Å². The maximum absolute atomic E-state index is 12.2. The Balaban J connectivity index is 1.55. The number of amides is 1. The average molecular weight is 452 g/mol. The Morgan fingerprint density at radius 3 is 2.36 bits per heavy atom. The highest BCUT2D eigenvalue weighted by atomic mass is 16.7. The molecule has 0 spiro atoms. The van der Waals surface area contributed by atoms with Crippen LogP contribution in [-0.2, 0) is 17.6 Å². The average Bonchev–Trinajstić information content (AvgIpc) is 3.38. The maximum atomic E-state index is 12.2. The second-order valence-electron chi connectivity index (χ2n) is 9.44. The van der Waals surface area contributed by atoms with Crippen LogP contribution < -0.4 is 18.9 Å². The molecule has 8 heteroatoms. The third-order valence-corrected chi connectivity index (χ3v) is 7.70. The molecule has 4 aliphatic rings. The van der Waals surface area contributed by atoms with E-state index in [0.29, 0.717) is 6.54 Å². The van der Waals surface area contributed by atoms with Crippen LogP contribution in [0.2, 0.25) is 0 Å². The van der Waals surface area contributed by atoms with E-state index in [2.05, 4.69) is 48.2 Å². The van der Waals surface area contributed by atoms with Crippen LogP contribution in [-0.4, -0.2) is 75.0 Å². The number of methoxy groups -OCH3 is 2. The highest BCUT2D eigenvalue weighted by Crippen LogP contribution is 2.51. The van der Waals surface area contributed by atoms with Crippen molar-refractivity contribution in [2.45, 2.75) is 37.1 Å². The van der Waals surface area contributed by atoms with Gasteiger partial charge < -0.3 is 28.7 Å². The van der Waals surface area contributed by atoms with Gasteiger partial charge in [0.2, 0.25) is 13.2 Å². The lowest BCUT2D eigenvalue weighted by atomic mass is 9.83. The SMILES string of the molecule is COc1cc2c(cc1OC)[C@@H](N(C)C)C1Cc3cc4c(cc3[C@@H]3CN(C=O)[C@H](C2)N13)OCO4. The molecule has 2 aromatic rings. The van der Waals surface area contributed by atoms with Crippen LogP contribution in [0.5, 0.6) is 23.0 Å². The number of likely N-dealkylation sites (N-methyl/N-ethyl adjacent to an activating group) is 1. The highest BCUT2D eigenvalue weighted by molar-refractivity contribution is 5.56. The van der Waals surface area contributed by atoms with Gasteiger partial charge in [0.15, 0.2) is 23.0 Å². The normalized spacial score (nSPS) is 27.0. The van der Waals surface area contributed by atoms with Gasteiger partial charge in [0.25, 0.3) is 0 Å². The quantitative estimate of drug-likeness (QED) is 0.662. The van der Waals surface area contributed by atoms with Crippen molar-refractivity contribution >= 4 is 6.41 Å². The van der Waals surface area contributed by atoms with Crippen molar-refractivity contribution in [3.8, 4) is 23.0 Å². The van der Waals surface area contributed by atoms with Gasteiger partial charge in [0.05, 0.1) is 32.5 Å². The van der Waals surface area contributed by atoms with Crippen LogP contribution in [0, 0.1) is 0 Å². The van der Waals surface area contributed by atoms with Crippen molar-refractivity contribution in [1.82, 2.24) is 14.7 Å². The number of nitrogens with zero attached hydrogens (tertiary/aromatic N) is 3. The van der Waals surface area contributed by atoms with Crippen LogP contribution in [0.4, 0.5) is 0 Å². The predicted molar refractivity (Wildman–Crippen MR) is 121 cm³/mol. The van der Waals surface area contributed by atoms with E-state index in [0.717, 1.165) is 42.2 Å². The van der Waals surface area contributed by atoms with E-state index >= 15 is 0 Å². The van der Waals surface area contributed by atoms with Crippen molar-refractivity contribution in [1.29, 1.82) is 0 Å². The zero-order chi connectivity index (χ0) is 22.9. The van der Waals surface area contributed by atoms with Crippen LogP contribution in [0.1, 0.15) is 34.3 Å². The van der Waals surface area contributed by atoms with E-state index in [-0.39, 0.29) is 31.1 Å². The van der Waals surface area contributed by atoms with Gasteiger partial charge in [-0.3, -0.25) is 9.69 Å². The van der Waals surface area contributed by atoms with Gasteiger partial charge in [0.1, 0.15) is 0 Å². The lowest BCUT2D eigenvalue weighted by Crippen LogP contribution is -2.51. The molecular formula is C25H29N3O5. The van der Waals surface area contributed by atoms with Gasteiger partial charge in [-0.25, -0.2) is 0 Å². The van der Waals surface area contributed by atoms with Gasteiger partial charge >= 0.3 is 0 Å². The molecule has 8 nitrogen and oxygen atoms in total. The molecule has 0 N–H and O–H groups in total. The van der Waals surface area contributed by atoms with Crippen LogP contribution in [0.25, 0.3) is 0 Å². The fourth-order valence-corrected chi connectivity index (χ4v) is 6.35. The second-order valence-corrected chi connectivity index (χ2v) is 9.44. The second kappa shape index (κ2) is 7.53. The fourth-order valence-electron chi connectivity index (χ4n) is 6.35. The fraction of sp³-hybridized carbons (Fsp3) is 0.480. The Morgan fingerprint density at radius 1 is 0.970 bits per heavy atom. The molecule has 0 aromatic heterocycles. The summed E-state index contributed by atoms with van der Waals surface area (Å²) in [4.78, 5) is 19.0. The van der Waals surface area contributed by atoms with Crippen molar-refractivity contribution in [3.05, 3.63) is 46.5 Å². The summed E-state index contributed by atoms with van der Waals surface area (Å²) in [5.74, 6) is 3.05. The zero-order valence-electron chi connectivity index (χ0n) is 19.4. The van der Waals surface area contributed by atoms with Gasteiger partial charge in [-0.05, 0) is 67.0 Å². The number of carbonyl (C=O) groups excluding carboxylic acids is 1. The third-order valence-electron chi connectivity index (χ3n) is 7.70. The minimum Gasteiger partial charge on any atom is -0.493 e. The van der Waals surface area contributed by atoms with Gasteiger partial charge in [-0.2, -0.15) is 0 Å². The van der Waals surface area contributed by atoms with Crippen molar-refractivity contribution in [2.24, 2.45) is 0 Å². The van der Waals surface area contributed by atoms with Crippen LogP contribution >= 0.6 is 0 Å². The summed E-state index contributed by atoms with van der Waals surface area (Å²) in [5.41, 5.74) is 4.93. The third kappa shape index (κ3) is 2.93. The first-order valence-corrected chi connectivity index (χ1v) is 11.4. The largest absolute Gasteiger partial charge is 0.493 e. The molecular weight excluding hydrogens is 422 g/mol. The molecule has 33 heavy (non-hydrogen) atoms. The molecule has 4 aliphatic heterocycles. The first-order chi connectivity index (χ1) is 16.0. The van der Waals surface area contributed by atoms with E-state index in [1.807, 2.05) is 4.90 Å². The van der Waals surface area contributed by atoms with Crippen molar-refractivity contribution < 1.29 is 23.7 Å². The summed E-state index contributed by atoms with van der Waals surface area (Å²) in [6.07, 6.45) is 2.59. The summed E-state index contributed by atoms with van der Waals surface area (Å²) in [7, 11) is 7.59. The minimum atomic E-state index is -0.0159. The van der Waals surface area contributed by atoms with Gasteiger partial charge in [0, 0.05) is 19.0 Å². The monoisotopic (exact) mass is 451 g/mol. The topological polar surface area (TPSA) is 63.7 Å². The number of rotatable bonds is 4. The minimum absolute atomic E-state index is 0.0159. The first-order valence-electron chi connectivity index (χ1n) is 11.4. The molecule has 6 rings (SSSR count). The molecule has 1 fully saturated rings. The summed E-state index contributed by atoms with van der Waals surface area (Å²) in [6.45, 7) is 0.925. The maximum Gasteiger partial charge on any atom is 0.231 e. The van der Waals surface area contributed by atoms with Crippen molar-refractivity contribution in [3.63, 3.8) is 0 Å². The molecule has 2 aromatic carbocycles. The lowest BCUT2D eigenvalue weighted by Gasteiger charge is -2.45. The molecule has 0 bridgehead atoms. The molecule has 1 amide bonds. The van der Waals surface area contributed by atoms with E-state index < -0.39 is 0 Å². The standard InChI is InChI=1S/C25H29N3O5/c1-26(2)25-17-10-21(31-4)20(30-3)6-15(17)8-24-27(12-29)11-19-16-9-23-22(32-13-33-23)7-14(16)5-18(25)28(19)24/h6-7,9-10,12,18-19,24-25H,5,8,11,13H2,1-4H3/t18?,19-,24-,25+/m0/s1. The molecule has 0 radical (unpaired) electrons. The summed E-state index contributed by atoms with van der Waals surface area (Å²) >= 11 is 0. The molecule has 174 valence electrons. The van der Waals surface area contributed by atoms with E-state index in [1.165, 1.54) is 22.3 Å². The van der Waals surface area contributed by atoms with Crippen LogP contribution in [0.3, 0.4) is 0 Å². The summed E-state index contributed by atoms with van der Waals surface area (Å²) in [6, 6.07) is 8.90. The number of hydrogen-bond acceptors (Lipinski definition) is 7. The number of carbonyl (C=O) groups is 1. The molecule has 4 atom stereocenters. The number of ether oxygens (including phenoxy) is 4. The lowest BCUT2D eigenvalue weighted by molar-refractivity contribution is -0.120. The predicted octanol–water partition coefficient (Wildman–Crippen LogP) is 2.36. The Kier molecular flexibility index (Phi) is 4.71. The highest BCUT2D eigenvalue weighted by Gasteiger charge is 2.52. The molecule has 0 saturated carbocycles. The number of benzene rings is 2. The van der Waals surface area contributed by atoms with E-state index in [1.54, 1.807) is 14.2 Å². The molecule has 0 aliphatic carbocycles. The van der Waals surface area contributed by atoms with Crippen molar-refractivity contribution in [2.75, 3.05) is 41.7 Å². The first kappa shape index (κ1) is 20.6. The Hall–Kier alpha value is -2.97. The summed E-state index contributed by atoms with van der Waals surface area (Å²) < 4.78 is 22.7. The number of hydrogen-bond donors (Lipinski definition) is 0. The van der Waals surface area contributed by atoms with E-state index in [9.17, 15) is 4.79 Å². The number of fused-ring (bicyclic) bond motifs is 4. The van der Waals surface area contributed by atoms with Gasteiger partial charge in [-0.15, -0.1) is 0 Å². The molecule has 1 unspecified atom stereocenters. The zero-order valence-corrected chi connectivity index (χ0v) is 19.4. The Morgan fingerprint density at radius 2 is 1.67 bits per heavy atom. The summed E-state index contributed by atoms with van der Waals surface area (Å²) in [5, 5.41) is 0. The Labute approximate surface area is 193 Å².